The van der Waals surface area contributed by atoms with Crippen molar-refractivity contribution in [3.63, 3.8) is 0 Å². The van der Waals surface area contributed by atoms with E-state index in [1.807, 2.05) is 30.3 Å². The number of carbonyl (C=O) groups is 2. The summed E-state index contributed by atoms with van der Waals surface area (Å²) in [5.41, 5.74) is 3.24. The summed E-state index contributed by atoms with van der Waals surface area (Å²) >= 11 is 0. The Morgan fingerprint density at radius 1 is 0.968 bits per heavy atom. The lowest BCUT2D eigenvalue weighted by Gasteiger charge is -2.57. The molecule has 7 rings (SSSR count). The van der Waals surface area contributed by atoms with Crippen LogP contribution in [0.1, 0.15) is 44.1 Å². The van der Waals surface area contributed by atoms with Gasteiger partial charge in [0.2, 0.25) is 5.91 Å². The summed E-state index contributed by atoms with van der Waals surface area (Å²) in [5.74, 6) is 2.98. The van der Waals surface area contributed by atoms with Crippen molar-refractivity contribution < 1.29 is 14.3 Å². The molecule has 5 nitrogen and oxygen atoms in total. The fraction of sp³-hybridized carbons (Fsp3) is 0.462. The number of para-hydroxylation sites is 2. The number of rotatable bonds is 4. The second kappa shape index (κ2) is 7.11. The van der Waals surface area contributed by atoms with Crippen molar-refractivity contribution in [3.05, 3.63) is 54.1 Å². The SMILES string of the molecule is O=C(CN1C(=O)COc2ccccc21)Nc1ccc(C23CC4CC(CC(C4)C2)C3)cc1. The van der Waals surface area contributed by atoms with Crippen LogP contribution in [0.15, 0.2) is 48.5 Å². The van der Waals surface area contributed by atoms with Crippen molar-refractivity contribution in [3.8, 4) is 5.75 Å². The highest BCUT2D eigenvalue weighted by molar-refractivity contribution is 6.04. The summed E-state index contributed by atoms with van der Waals surface area (Å²) in [6.07, 6.45) is 8.33. The van der Waals surface area contributed by atoms with Crippen molar-refractivity contribution >= 4 is 23.2 Å². The lowest BCUT2D eigenvalue weighted by atomic mass is 9.48. The molecular formula is C26H28N2O3. The molecule has 31 heavy (non-hydrogen) atoms. The van der Waals surface area contributed by atoms with Crippen LogP contribution < -0.4 is 15.0 Å². The van der Waals surface area contributed by atoms with Crippen molar-refractivity contribution in [2.45, 2.75) is 43.9 Å². The van der Waals surface area contributed by atoms with E-state index in [9.17, 15) is 9.59 Å². The number of fused-ring (bicyclic) bond motifs is 1. The lowest BCUT2D eigenvalue weighted by molar-refractivity contribution is -0.123. The predicted molar refractivity (Wildman–Crippen MR) is 119 cm³/mol. The van der Waals surface area contributed by atoms with Crippen molar-refractivity contribution in [2.75, 3.05) is 23.4 Å². The molecule has 4 aliphatic carbocycles. The van der Waals surface area contributed by atoms with E-state index in [0.29, 0.717) is 16.9 Å². The molecule has 4 saturated carbocycles. The van der Waals surface area contributed by atoms with Crippen LogP contribution in [0, 0.1) is 17.8 Å². The van der Waals surface area contributed by atoms with Gasteiger partial charge >= 0.3 is 0 Å². The molecule has 0 aromatic heterocycles. The average molecular weight is 417 g/mol. The van der Waals surface area contributed by atoms with Gasteiger partial charge in [-0.2, -0.15) is 0 Å². The maximum Gasteiger partial charge on any atom is 0.265 e. The molecule has 4 fully saturated rings. The van der Waals surface area contributed by atoms with Gasteiger partial charge in [0.15, 0.2) is 6.61 Å². The minimum atomic E-state index is -0.203. The first-order valence-electron chi connectivity index (χ1n) is 11.5. The van der Waals surface area contributed by atoms with Crippen LogP contribution in [-0.2, 0) is 15.0 Å². The lowest BCUT2D eigenvalue weighted by Crippen LogP contribution is -2.48. The van der Waals surface area contributed by atoms with Gasteiger partial charge in [-0.1, -0.05) is 24.3 Å². The Bertz CT molecular complexity index is 994. The standard InChI is InChI=1S/C26H28N2O3/c29-24(15-28-22-3-1-2-4-23(22)31-16-25(28)30)27-21-7-5-20(6-8-21)26-12-17-9-18(13-26)11-19(10-17)14-26/h1-8,17-19H,9-16H2,(H,27,29). The normalized spacial score (nSPS) is 30.6. The third kappa shape index (κ3) is 3.31. The van der Waals surface area contributed by atoms with E-state index in [2.05, 4.69) is 17.4 Å². The molecule has 0 saturated heterocycles. The first-order valence-corrected chi connectivity index (χ1v) is 11.5. The monoisotopic (exact) mass is 416 g/mol. The zero-order valence-electron chi connectivity index (χ0n) is 17.7. The average Bonchev–Trinajstić information content (AvgIpc) is 2.75. The number of hydrogen-bond donors (Lipinski definition) is 1. The number of carbonyl (C=O) groups excluding carboxylic acids is 2. The first kappa shape index (κ1) is 18.9. The second-order valence-corrected chi connectivity index (χ2v) is 10.1. The molecule has 2 aromatic carbocycles. The minimum Gasteiger partial charge on any atom is -0.482 e. The third-order valence-electron chi connectivity index (χ3n) is 7.93. The predicted octanol–water partition coefficient (Wildman–Crippen LogP) is 4.52. The van der Waals surface area contributed by atoms with Gasteiger partial charge in [-0.05, 0) is 91.5 Å². The number of nitrogens with zero attached hydrogens (tertiary/aromatic N) is 1. The van der Waals surface area contributed by atoms with Crippen molar-refractivity contribution in [1.82, 2.24) is 0 Å². The van der Waals surface area contributed by atoms with E-state index < -0.39 is 0 Å². The Balaban J connectivity index is 1.15. The van der Waals surface area contributed by atoms with E-state index in [0.717, 1.165) is 23.4 Å². The maximum absolute atomic E-state index is 12.7. The number of anilines is 2. The van der Waals surface area contributed by atoms with E-state index in [4.69, 9.17) is 4.74 Å². The van der Waals surface area contributed by atoms with Crippen LogP contribution in [0.4, 0.5) is 11.4 Å². The second-order valence-electron chi connectivity index (χ2n) is 10.1. The molecule has 0 unspecified atom stereocenters. The molecule has 5 aliphatic rings. The molecule has 1 aliphatic heterocycles. The molecule has 1 N–H and O–H groups in total. The molecule has 5 heteroatoms. The largest absolute Gasteiger partial charge is 0.482 e. The molecule has 0 spiro atoms. The molecule has 0 radical (unpaired) electrons. The van der Waals surface area contributed by atoms with Gasteiger partial charge in [0.25, 0.3) is 5.91 Å². The van der Waals surface area contributed by atoms with Crippen LogP contribution in [0.25, 0.3) is 0 Å². The highest BCUT2D eigenvalue weighted by atomic mass is 16.5. The fourth-order valence-electron chi connectivity index (χ4n) is 7.04. The molecule has 4 bridgehead atoms. The van der Waals surface area contributed by atoms with Gasteiger partial charge in [0, 0.05) is 5.69 Å². The van der Waals surface area contributed by atoms with Gasteiger partial charge < -0.3 is 10.1 Å². The summed E-state index contributed by atoms with van der Waals surface area (Å²) in [7, 11) is 0. The van der Waals surface area contributed by atoms with E-state index in [1.54, 1.807) is 6.07 Å². The zero-order valence-corrected chi connectivity index (χ0v) is 17.7. The Labute approximate surface area is 182 Å². The van der Waals surface area contributed by atoms with Crippen molar-refractivity contribution in [1.29, 1.82) is 0 Å². The highest BCUT2D eigenvalue weighted by Crippen LogP contribution is 2.60. The Hall–Kier alpha value is -2.82. The van der Waals surface area contributed by atoms with Crippen LogP contribution in [0.3, 0.4) is 0 Å². The molecule has 2 aromatic rings. The van der Waals surface area contributed by atoms with Crippen molar-refractivity contribution in [2.24, 2.45) is 17.8 Å². The quantitative estimate of drug-likeness (QED) is 0.797. The Morgan fingerprint density at radius 3 is 2.29 bits per heavy atom. The summed E-state index contributed by atoms with van der Waals surface area (Å²) in [4.78, 5) is 26.5. The smallest absolute Gasteiger partial charge is 0.265 e. The highest BCUT2D eigenvalue weighted by Gasteiger charge is 2.51. The molecule has 160 valence electrons. The van der Waals surface area contributed by atoms with Gasteiger partial charge in [-0.15, -0.1) is 0 Å². The number of hydrogen-bond acceptors (Lipinski definition) is 3. The van der Waals surface area contributed by atoms with Gasteiger partial charge in [0.05, 0.1) is 5.69 Å². The number of nitrogens with one attached hydrogen (secondary N) is 1. The van der Waals surface area contributed by atoms with Crippen LogP contribution >= 0.6 is 0 Å². The Kier molecular flexibility index (Phi) is 4.34. The maximum atomic E-state index is 12.7. The van der Waals surface area contributed by atoms with E-state index >= 15 is 0 Å². The summed E-state index contributed by atoms with van der Waals surface area (Å²) in [5, 5.41) is 2.97. The summed E-state index contributed by atoms with van der Waals surface area (Å²) < 4.78 is 5.46. The zero-order chi connectivity index (χ0) is 21.0. The summed E-state index contributed by atoms with van der Waals surface area (Å²) in [6.45, 7) is -0.0556. The molecular weight excluding hydrogens is 388 g/mol. The number of ether oxygens (including phenoxy) is 1. The van der Waals surface area contributed by atoms with Crippen LogP contribution in [-0.4, -0.2) is 25.0 Å². The van der Waals surface area contributed by atoms with Crippen LogP contribution in [0.5, 0.6) is 5.75 Å². The number of benzene rings is 2. The van der Waals surface area contributed by atoms with E-state index in [1.165, 1.54) is 49.0 Å². The molecule has 2 amide bonds. The fourth-order valence-corrected chi connectivity index (χ4v) is 7.04. The minimum absolute atomic E-state index is 0.0179. The van der Waals surface area contributed by atoms with Crippen LogP contribution in [0.2, 0.25) is 0 Å². The van der Waals surface area contributed by atoms with Gasteiger partial charge in [-0.3, -0.25) is 14.5 Å². The first-order chi connectivity index (χ1) is 15.1. The topological polar surface area (TPSA) is 58.6 Å². The third-order valence-corrected chi connectivity index (χ3v) is 7.93. The van der Waals surface area contributed by atoms with E-state index in [-0.39, 0.29) is 25.0 Å². The summed E-state index contributed by atoms with van der Waals surface area (Å²) in [6, 6.07) is 15.8. The number of amides is 2. The molecule has 0 atom stereocenters. The van der Waals surface area contributed by atoms with Gasteiger partial charge in [-0.25, -0.2) is 0 Å². The van der Waals surface area contributed by atoms with Gasteiger partial charge in [0.1, 0.15) is 12.3 Å². The molecule has 1 heterocycles. The Morgan fingerprint density at radius 2 is 1.61 bits per heavy atom.